The van der Waals surface area contributed by atoms with Crippen LogP contribution in [0.15, 0.2) is 35.6 Å². The summed E-state index contributed by atoms with van der Waals surface area (Å²) < 4.78 is 0.114. The van der Waals surface area contributed by atoms with Crippen molar-refractivity contribution in [3.63, 3.8) is 0 Å². The Hall–Kier alpha value is -2.14. The Balaban J connectivity index is 2.36. The molecule has 0 unspecified atom stereocenters. The minimum Gasteiger partial charge on any atom is -0.494 e. The molecule has 0 spiro atoms. The normalized spacial score (nSPS) is 10.2. The Kier molecular flexibility index (Phi) is 3.43. The van der Waals surface area contributed by atoms with Crippen molar-refractivity contribution in [3.8, 4) is 5.88 Å². The predicted molar refractivity (Wildman–Crippen MR) is 73.3 cm³/mol. The number of rotatable bonds is 3. The number of aromatic nitrogens is 2. The summed E-state index contributed by atoms with van der Waals surface area (Å²) >= 11 is 4.76. The van der Waals surface area contributed by atoms with E-state index in [1.807, 2.05) is 24.3 Å². The summed E-state index contributed by atoms with van der Waals surface area (Å²) in [5, 5.41) is 9.68. The summed E-state index contributed by atoms with van der Waals surface area (Å²) in [6.45, 7) is 3.67. The molecule has 18 heavy (non-hydrogen) atoms. The van der Waals surface area contributed by atoms with Crippen LogP contribution in [0.2, 0.25) is 0 Å². The van der Waals surface area contributed by atoms with Crippen molar-refractivity contribution in [1.82, 2.24) is 9.97 Å². The van der Waals surface area contributed by atoms with Gasteiger partial charge in [0.1, 0.15) is 0 Å². The van der Waals surface area contributed by atoms with Crippen LogP contribution < -0.4 is 5.56 Å². The quantitative estimate of drug-likeness (QED) is 0.742. The Labute approximate surface area is 109 Å². The van der Waals surface area contributed by atoms with Crippen molar-refractivity contribution in [1.29, 1.82) is 0 Å². The molecule has 0 saturated carbocycles. The van der Waals surface area contributed by atoms with Crippen LogP contribution in [0.1, 0.15) is 16.7 Å². The molecule has 0 radical (unpaired) electrons. The van der Waals surface area contributed by atoms with Crippen LogP contribution in [0.25, 0.3) is 6.08 Å². The van der Waals surface area contributed by atoms with Gasteiger partial charge in [-0.25, -0.2) is 0 Å². The van der Waals surface area contributed by atoms with Gasteiger partial charge in [-0.15, -0.1) is 0 Å². The van der Waals surface area contributed by atoms with Gasteiger partial charge in [-0.2, -0.15) is 0 Å². The van der Waals surface area contributed by atoms with E-state index in [4.69, 9.17) is 12.2 Å². The number of hydrogen-bond donors (Lipinski definition) is 3. The molecule has 2 rings (SSSR count). The fourth-order valence-corrected chi connectivity index (χ4v) is 1.83. The van der Waals surface area contributed by atoms with E-state index >= 15 is 0 Å². The lowest BCUT2D eigenvalue weighted by Crippen LogP contribution is -2.14. The van der Waals surface area contributed by atoms with Crippen molar-refractivity contribution in [2.24, 2.45) is 0 Å². The zero-order chi connectivity index (χ0) is 13.1. The molecule has 3 N–H and O–H groups in total. The molecule has 0 aliphatic rings. The van der Waals surface area contributed by atoms with Gasteiger partial charge < -0.3 is 10.1 Å². The zero-order valence-corrected chi connectivity index (χ0v) is 10.4. The molecule has 4 nitrogen and oxygen atoms in total. The molecule has 0 bridgehead atoms. The highest BCUT2D eigenvalue weighted by molar-refractivity contribution is 7.71. The maximum Gasteiger partial charge on any atom is 0.259 e. The van der Waals surface area contributed by atoms with Crippen molar-refractivity contribution < 1.29 is 5.11 Å². The highest BCUT2D eigenvalue weighted by Crippen LogP contribution is 2.14. The van der Waals surface area contributed by atoms with Gasteiger partial charge in [-0.1, -0.05) is 36.9 Å². The van der Waals surface area contributed by atoms with E-state index in [2.05, 4.69) is 16.5 Å². The molecule has 1 aromatic heterocycles. The van der Waals surface area contributed by atoms with Gasteiger partial charge in [0.2, 0.25) is 0 Å². The first kappa shape index (κ1) is 12.3. The molecule has 0 aliphatic heterocycles. The van der Waals surface area contributed by atoms with E-state index in [9.17, 15) is 9.90 Å². The van der Waals surface area contributed by atoms with Crippen LogP contribution in [-0.2, 0) is 6.42 Å². The molecule has 0 fully saturated rings. The lowest BCUT2D eigenvalue weighted by atomic mass is 10.1. The van der Waals surface area contributed by atoms with Gasteiger partial charge in [0.05, 0.1) is 5.56 Å². The molecule has 2 aromatic rings. The van der Waals surface area contributed by atoms with E-state index in [1.54, 1.807) is 6.08 Å². The van der Waals surface area contributed by atoms with Gasteiger partial charge in [-0.3, -0.25) is 9.78 Å². The number of aromatic hydroxyl groups is 1. The van der Waals surface area contributed by atoms with E-state index in [0.29, 0.717) is 6.42 Å². The number of H-pyrrole nitrogens is 2. The maximum atomic E-state index is 11.7. The lowest BCUT2D eigenvalue weighted by molar-refractivity contribution is 0.443. The largest absolute Gasteiger partial charge is 0.494 e. The standard InChI is InChI=1S/C13H12N2O2S/c1-2-8-3-5-9(6-4-8)7-10-11(16)14-13(18)15-12(10)17/h2-6H,1,7H2,(H3,14,15,16,17,18). The second-order valence-electron chi connectivity index (χ2n) is 3.86. The SMILES string of the molecule is C=Cc1ccc(Cc2c(O)[nH]c(=S)[nH]c2=O)cc1. The van der Waals surface area contributed by atoms with Crippen LogP contribution >= 0.6 is 12.2 Å². The number of nitrogens with one attached hydrogen (secondary N) is 2. The van der Waals surface area contributed by atoms with Gasteiger partial charge in [0.15, 0.2) is 10.7 Å². The van der Waals surface area contributed by atoms with E-state index < -0.39 is 0 Å². The molecule has 0 atom stereocenters. The smallest absolute Gasteiger partial charge is 0.259 e. The number of hydrogen-bond acceptors (Lipinski definition) is 3. The van der Waals surface area contributed by atoms with Crippen molar-refractivity contribution >= 4 is 18.3 Å². The van der Waals surface area contributed by atoms with Gasteiger partial charge in [0, 0.05) is 6.42 Å². The van der Waals surface area contributed by atoms with Crippen molar-refractivity contribution in [2.75, 3.05) is 0 Å². The van der Waals surface area contributed by atoms with Gasteiger partial charge in [-0.05, 0) is 23.3 Å². The first-order valence-electron chi connectivity index (χ1n) is 5.36. The Bertz CT molecular complexity index is 683. The van der Waals surface area contributed by atoms with Crippen LogP contribution in [0.4, 0.5) is 0 Å². The summed E-state index contributed by atoms with van der Waals surface area (Å²) in [6.07, 6.45) is 2.08. The zero-order valence-electron chi connectivity index (χ0n) is 9.56. The summed E-state index contributed by atoms with van der Waals surface area (Å²) in [5.41, 5.74) is 1.83. The van der Waals surface area contributed by atoms with Crippen LogP contribution in [0.5, 0.6) is 5.88 Å². The van der Waals surface area contributed by atoms with Crippen molar-refractivity contribution in [2.45, 2.75) is 6.42 Å². The fraction of sp³-hybridized carbons (Fsp3) is 0.0769. The summed E-state index contributed by atoms with van der Waals surface area (Å²) in [7, 11) is 0. The first-order valence-corrected chi connectivity index (χ1v) is 5.77. The van der Waals surface area contributed by atoms with E-state index in [0.717, 1.165) is 11.1 Å². The lowest BCUT2D eigenvalue weighted by Gasteiger charge is -2.04. The second-order valence-corrected chi connectivity index (χ2v) is 4.27. The van der Waals surface area contributed by atoms with E-state index in [-0.39, 0.29) is 21.8 Å². The minimum absolute atomic E-state index is 0.114. The third-order valence-corrected chi connectivity index (χ3v) is 2.82. The highest BCUT2D eigenvalue weighted by Gasteiger charge is 2.08. The Morgan fingerprint density at radius 2 is 1.94 bits per heavy atom. The van der Waals surface area contributed by atoms with Gasteiger partial charge >= 0.3 is 0 Å². The van der Waals surface area contributed by atoms with Gasteiger partial charge in [0.25, 0.3) is 5.56 Å². The van der Waals surface area contributed by atoms with Crippen LogP contribution in [0.3, 0.4) is 0 Å². The highest BCUT2D eigenvalue weighted by atomic mass is 32.1. The molecule has 1 aromatic carbocycles. The monoisotopic (exact) mass is 260 g/mol. The van der Waals surface area contributed by atoms with Crippen LogP contribution in [-0.4, -0.2) is 15.1 Å². The third kappa shape index (κ3) is 2.57. The van der Waals surface area contributed by atoms with E-state index in [1.165, 1.54) is 0 Å². The third-order valence-electron chi connectivity index (χ3n) is 2.62. The Morgan fingerprint density at radius 1 is 1.28 bits per heavy atom. The van der Waals surface area contributed by atoms with Crippen molar-refractivity contribution in [3.05, 3.63) is 62.7 Å². The molecule has 0 amide bonds. The molecule has 0 saturated heterocycles. The second kappa shape index (κ2) is 5.01. The minimum atomic E-state index is -0.371. The first-order chi connectivity index (χ1) is 8.60. The molecule has 1 heterocycles. The number of benzene rings is 1. The summed E-state index contributed by atoms with van der Waals surface area (Å²) in [6, 6.07) is 7.58. The number of aromatic amines is 2. The molecule has 5 heteroatoms. The molecule has 92 valence electrons. The predicted octanol–water partition coefficient (Wildman–Crippen LogP) is 2.37. The Morgan fingerprint density at radius 3 is 2.50 bits per heavy atom. The average Bonchev–Trinajstić information content (AvgIpc) is 2.34. The average molecular weight is 260 g/mol. The van der Waals surface area contributed by atoms with Crippen LogP contribution in [0, 0.1) is 4.77 Å². The molecular formula is C13H12N2O2S. The molecule has 0 aliphatic carbocycles. The summed E-state index contributed by atoms with van der Waals surface area (Å²) in [4.78, 5) is 16.6. The maximum absolute atomic E-state index is 11.7. The summed E-state index contributed by atoms with van der Waals surface area (Å²) in [5.74, 6) is -0.184. The fourth-order valence-electron chi connectivity index (χ4n) is 1.64. The molecular weight excluding hydrogens is 248 g/mol. The topological polar surface area (TPSA) is 68.9 Å².